The van der Waals surface area contributed by atoms with Gasteiger partial charge in [-0.1, -0.05) is 38.8 Å². The SMILES string of the molecule is CCCC=C=C(CCCC)CCc1ccc(F)cc1. The molecule has 0 N–H and O–H groups in total. The highest BCUT2D eigenvalue weighted by molar-refractivity contribution is 5.17. The van der Waals surface area contributed by atoms with Crippen LogP contribution in [-0.4, -0.2) is 0 Å². The van der Waals surface area contributed by atoms with Crippen molar-refractivity contribution >= 4 is 0 Å². The van der Waals surface area contributed by atoms with Crippen LogP contribution in [0, 0.1) is 5.82 Å². The first kappa shape index (κ1) is 15.7. The van der Waals surface area contributed by atoms with E-state index >= 15 is 0 Å². The molecule has 0 aromatic heterocycles. The van der Waals surface area contributed by atoms with Crippen LogP contribution >= 0.6 is 0 Å². The molecule has 0 bridgehead atoms. The summed E-state index contributed by atoms with van der Waals surface area (Å²) < 4.78 is 12.8. The monoisotopic (exact) mass is 260 g/mol. The van der Waals surface area contributed by atoms with Crippen LogP contribution in [0.5, 0.6) is 0 Å². The van der Waals surface area contributed by atoms with E-state index in [0.29, 0.717) is 0 Å². The van der Waals surface area contributed by atoms with E-state index < -0.39 is 0 Å². The van der Waals surface area contributed by atoms with Crippen molar-refractivity contribution in [3.63, 3.8) is 0 Å². The zero-order valence-corrected chi connectivity index (χ0v) is 12.2. The first-order valence-corrected chi connectivity index (χ1v) is 7.43. The predicted octanol–water partition coefficient (Wildman–Crippen LogP) is 5.83. The molecule has 0 unspecified atom stereocenters. The van der Waals surface area contributed by atoms with Crippen LogP contribution in [0.2, 0.25) is 0 Å². The summed E-state index contributed by atoms with van der Waals surface area (Å²) in [6.45, 7) is 4.40. The minimum Gasteiger partial charge on any atom is -0.207 e. The van der Waals surface area contributed by atoms with E-state index in [4.69, 9.17) is 0 Å². The Morgan fingerprint density at radius 1 is 1.11 bits per heavy atom. The van der Waals surface area contributed by atoms with E-state index in [-0.39, 0.29) is 5.82 Å². The normalized spacial score (nSPS) is 10.1. The fourth-order valence-electron chi connectivity index (χ4n) is 1.97. The average Bonchev–Trinajstić information content (AvgIpc) is 2.43. The summed E-state index contributed by atoms with van der Waals surface area (Å²) in [4.78, 5) is 0. The molecule has 0 aliphatic rings. The van der Waals surface area contributed by atoms with E-state index in [1.165, 1.54) is 42.5 Å². The first-order chi connectivity index (χ1) is 9.26. The second-order valence-corrected chi connectivity index (χ2v) is 4.97. The van der Waals surface area contributed by atoms with Gasteiger partial charge in [0.1, 0.15) is 5.82 Å². The van der Waals surface area contributed by atoms with Crippen molar-refractivity contribution in [3.8, 4) is 0 Å². The Morgan fingerprint density at radius 2 is 1.84 bits per heavy atom. The van der Waals surface area contributed by atoms with Gasteiger partial charge in [-0.25, -0.2) is 4.39 Å². The largest absolute Gasteiger partial charge is 0.207 e. The Morgan fingerprint density at radius 3 is 2.47 bits per heavy atom. The number of allylic oxidation sites excluding steroid dienone is 1. The molecule has 0 nitrogen and oxygen atoms in total. The van der Waals surface area contributed by atoms with Gasteiger partial charge >= 0.3 is 0 Å². The maximum atomic E-state index is 12.8. The van der Waals surface area contributed by atoms with Gasteiger partial charge in [-0.05, 0) is 61.4 Å². The summed E-state index contributed by atoms with van der Waals surface area (Å²) in [6.07, 6.45) is 10.0. The van der Waals surface area contributed by atoms with Crippen molar-refractivity contribution in [2.75, 3.05) is 0 Å². The van der Waals surface area contributed by atoms with Gasteiger partial charge in [0.25, 0.3) is 0 Å². The minimum atomic E-state index is -0.159. The topological polar surface area (TPSA) is 0 Å². The molecule has 104 valence electrons. The van der Waals surface area contributed by atoms with Gasteiger partial charge in [0.2, 0.25) is 0 Å². The van der Waals surface area contributed by atoms with Gasteiger partial charge < -0.3 is 0 Å². The average molecular weight is 260 g/mol. The quantitative estimate of drug-likeness (QED) is 0.516. The van der Waals surface area contributed by atoms with E-state index in [0.717, 1.165) is 25.7 Å². The molecule has 1 aromatic rings. The Bertz CT molecular complexity index is 408. The van der Waals surface area contributed by atoms with Gasteiger partial charge in [-0.3, -0.25) is 0 Å². The van der Waals surface area contributed by atoms with Crippen molar-refractivity contribution in [3.05, 3.63) is 53.0 Å². The molecule has 0 fully saturated rings. The van der Waals surface area contributed by atoms with E-state index in [1.807, 2.05) is 12.1 Å². The molecule has 0 heterocycles. The van der Waals surface area contributed by atoms with E-state index in [1.54, 1.807) is 0 Å². The van der Waals surface area contributed by atoms with Gasteiger partial charge in [0.05, 0.1) is 0 Å². The number of hydrogen-bond donors (Lipinski definition) is 0. The van der Waals surface area contributed by atoms with E-state index in [9.17, 15) is 4.39 Å². The number of hydrogen-bond acceptors (Lipinski definition) is 0. The minimum absolute atomic E-state index is 0.159. The van der Waals surface area contributed by atoms with E-state index in [2.05, 4.69) is 25.7 Å². The fourth-order valence-corrected chi connectivity index (χ4v) is 1.97. The molecular formula is C18H25F. The third-order valence-electron chi connectivity index (χ3n) is 3.20. The summed E-state index contributed by atoms with van der Waals surface area (Å²) in [6, 6.07) is 6.83. The number of rotatable bonds is 8. The molecule has 0 aliphatic heterocycles. The summed E-state index contributed by atoms with van der Waals surface area (Å²) in [5.74, 6) is -0.159. The molecule has 19 heavy (non-hydrogen) atoms. The lowest BCUT2D eigenvalue weighted by Gasteiger charge is -2.05. The Balaban J connectivity index is 2.56. The Hall–Kier alpha value is -1.33. The predicted molar refractivity (Wildman–Crippen MR) is 80.8 cm³/mol. The second kappa shape index (κ2) is 9.58. The molecular weight excluding hydrogens is 235 g/mol. The highest BCUT2D eigenvalue weighted by atomic mass is 19.1. The van der Waals surface area contributed by atoms with Gasteiger partial charge in [-0.2, -0.15) is 0 Å². The standard InChI is InChI=1S/C18H25F/c1-3-5-7-9-16(8-6-4-2)10-11-17-12-14-18(19)15-13-17/h7,12-15H,3-6,8,10-11H2,1-2H3. The van der Waals surface area contributed by atoms with Crippen LogP contribution < -0.4 is 0 Å². The molecule has 0 atom stereocenters. The number of benzene rings is 1. The number of aryl methyl sites for hydroxylation is 1. The Labute approximate surface area is 117 Å². The Kier molecular flexibility index (Phi) is 7.93. The summed E-state index contributed by atoms with van der Waals surface area (Å²) in [5.41, 5.74) is 6.06. The maximum absolute atomic E-state index is 12.8. The number of unbranched alkanes of at least 4 members (excludes halogenated alkanes) is 2. The summed E-state index contributed by atoms with van der Waals surface area (Å²) in [7, 11) is 0. The molecule has 0 spiro atoms. The van der Waals surface area contributed by atoms with Crippen molar-refractivity contribution < 1.29 is 4.39 Å². The lowest BCUT2D eigenvalue weighted by molar-refractivity contribution is 0.627. The van der Waals surface area contributed by atoms with Crippen molar-refractivity contribution in [2.45, 2.75) is 58.8 Å². The molecule has 1 heteroatoms. The number of halogens is 1. The molecule has 0 radical (unpaired) electrons. The van der Waals surface area contributed by atoms with Gasteiger partial charge in [0, 0.05) is 0 Å². The van der Waals surface area contributed by atoms with Crippen LogP contribution in [0.15, 0.2) is 41.6 Å². The van der Waals surface area contributed by atoms with Gasteiger partial charge in [-0.15, -0.1) is 5.73 Å². The third kappa shape index (κ3) is 6.98. The maximum Gasteiger partial charge on any atom is 0.123 e. The van der Waals surface area contributed by atoms with Crippen molar-refractivity contribution in [1.29, 1.82) is 0 Å². The van der Waals surface area contributed by atoms with Crippen LogP contribution in [0.3, 0.4) is 0 Å². The smallest absolute Gasteiger partial charge is 0.123 e. The van der Waals surface area contributed by atoms with Crippen molar-refractivity contribution in [2.24, 2.45) is 0 Å². The molecule has 0 aliphatic carbocycles. The second-order valence-electron chi connectivity index (χ2n) is 4.97. The third-order valence-corrected chi connectivity index (χ3v) is 3.20. The molecule has 0 amide bonds. The van der Waals surface area contributed by atoms with Crippen LogP contribution in [0.25, 0.3) is 0 Å². The fraction of sp³-hybridized carbons (Fsp3) is 0.500. The molecule has 0 saturated heterocycles. The highest BCUT2D eigenvalue weighted by Crippen LogP contribution is 2.15. The van der Waals surface area contributed by atoms with Crippen LogP contribution in [-0.2, 0) is 6.42 Å². The lowest BCUT2D eigenvalue weighted by atomic mass is 10.0. The van der Waals surface area contributed by atoms with Gasteiger partial charge in [0.15, 0.2) is 0 Å². The summed E-state index contributed by atoms with van der Waals surface area (Å²) in [5, 5.41) is 0. The summed E-state index contributed by atoms with van der Waals surface area (Å²) >= 11 is 0. The zero-order valence-electron chi connectivity index (χ0n) is 12.2. The zero-order chi connectivity index (χ0) is 13.9. The molecule has 1 rings (SSSR count). The molecule has 1 aromatic carbocycles. The molecule has 0 saturated carbocycles. The van der Waals surface area contributed by atoms with Crippen LogP contribution in [0.4, 0.5) is 4.39 Å². The van der Waals surface area contributed by atoms with Crippen LogP contribution in [0.1, 0.15) is 57.9 Å². The first-order valence-electron chi connectivity index (χ1n) is 7.43. The lowest BCUT2D eigenvalue weighted by Crippen LogP contribution is -1.90. The van der Waals surface area contributed by atoms with Crippen molar-refractivity contribution in [1.82, 2.24) is 0 Å². The highest BCUT2D eigenvalue weighted by Gasteiger charge is 1.99.